The van der Waals surface area contributed by atoms with Gasteiger partial charge in [0, 0.05) is 51.0 Å². The molecule has 36 heavy (non-hydrogen) atoms. The highest BCUT2D eigenvalue weighted by atomic mass is 19.4. The number of halogens is 3. The van der Waals surface area contributed by atoms with Crippen LogP contribution in [0.4, 0.5) is 19.0 Å². The van der Waals surface area contributed by atoms with E-state index in [2.05, 4.69) is 20.7 Å². The van der Waals surface area contributed by atoms with Crippen molar-refractivity contribution in [3.05, 3.63) is 23.9 Å². The molecule has 0 bridgehead atoms. The largest absolute Gasteiger partial charge is 0.402 e. The minimum absolute atomic E-state index is 0.00880. The van der Waals surface area contributed by atoms with Crippen molar-refractivity contribution in [3.63, 3.8) is 0 Å². The van der Waals surface area contributed by atoms with Gasteiger partial charge in [0.2, 0.25) is 11.8 Å². The molecule has 0 saturated carbocycles. The Balaban J connectivity index is 1.20. The Kier molecular flexibility index (Phi) is 8.28. The van der Waals surface area contributed by atoms with Gasteiger partial charge in [-0.2, -0.15) is 18.4 Å². The Labute approximate surface area is 207 Å². The molecule has 1 aromatic heterocycles. The molecule has 2 unspecified atom stereocenters. The molecule has 0 radical (unpaired) electrons. The zero-order valence-corrected chi connectivity index (χ0v) is 19.8. The van der Waals surface area contributed by atoms with Gasteiger partial charge in [0.1, 0.15) is 11.9 Å². The molecule has 4 heterocycles. The van der Waals surface area contributed by atoms with E-state index in [9.17, 15) is 22.8 Å². The molecule has 1 aromatic rings. The van der Waals surface area contributed by atoms with Crippen LogP contribution >= 0.6 is 0 Å². The van der Waals surface area contributed by atoms with Gasteiger partial charge in [-0.15, -0.1) is 0 Å². The first-order valence-electron chi connectivity index (χ1n) is 12.1. The number of hydrazine groups is 1. The number of nitriles is 1. The number of ether oxygens (including phenoxy) is 1. The highest BCUT2D eigenvalue weighted by molar-refractivity contribution is 5.80. The second-order valence-electron chi connectivity index (χ2n) is 9.20. The average Bonchev–Trinajstić information content (AvgIpc) is 3.34. The number of pyridine rings is 1. The van der Waals surface area contributed by atoms with Crippen molar-refractivity contribution in [2.24, 2.45) is 5.92 Å². The summed E-state index contributed by atoms with van der Waals surface area (Å²) in [6.45, 7) is 3.24. The van der Waals surface area contributed by atoms with Crippen molar-refractivity contribution in [2.45, 2.75) is 37.5 Å². The van der Waals surface area contributed by atoms with E-state index in [0.717, 1.165) is 12.2 Å². The molecule has 13 heteroatoms. The molecule has 3 aliphatic rings. The van der Waals surface area contributed by atoms with Gasteiger partial charge in [-0.1, -0.05) is 0 Å². The quantitative estimate of drug-likeness (QED) is 0.516. The Hall–Kier alpha value is -2.95. The van der Waals surface area contributed by atoms with Gasteiger partial charge in [0.05, 0.1) is 25.2 Å². The van der Waals surface area contributed by atoms with Gasteiger partial charge >= 0.3 is 6.18 Å². The molecule has 3 atom stereocenters. The van der Waals surface area contributed by atoms with E-state index in [1.165, 1.54) is 6.20 Å². The normalized spacial score (nSPS) is 25.5. The fourth-order valence-electron chi connectivity index (χ4n) is 5.12. The first-order valence-corrected chi connectivity index (χ1v) is 12.1. The number of likely N-dealkylation sites (tertiary alicyclic amines) is 1. The standard InChI is InChI=1S/C23H30F3N7O3/c24-23(25,26)21-18(14-29-30-22(21)35)33-6-1-2-17(33)15-36-11-5-20(34)32-9-7-31(8-10-32)19-4-3-16(12-27)13-28-19/h3-4,13,17-18,21,29H,1-2,5-11,14-15H2,(H,30,35)/t17-,18?,21?/m0/s1. The van der Waals surface area contributed by atoms with E-state index in [4.69, 9.17) is 10.00 Å². The molecule has 3 fully saturated rings. The number of rotatable bonds is 7. The van der Waals surface area contributed by atoms with Gasteiger partial charge in [-0.3, -0.25) is 19.9 Å². The lowest BCUT2D eigenvalue weighted by Crippen LogP contribution is -2.65. The summed E-state index contributed by atoms with van der Waals surface area (Å²) in [6.07, 6.45) is -1.49. The Bertz CT molecular complexity index is 961. The number of carbonyl (C=O) groups is 2. The maximum absolute atomic E-state index is 13.5. The second-order valence-corrected chi connectivity index (χ2v) is 9.20. The van der Waals surface area contributed by atoms with Crippen LogP contribution in [-0.2, 0) is 14.3 Å². The fourth-order valence-corrected chi connectivity index (χ4v) is 5.12. The molecular formula is C23H30F3N7O3. The van der Waals surface area contributed by atoms with E-state index in [-0.39, 0.29) is 38.1 Å². The van der Waals surface area contributed by atoms with Crippen LogP contribution in [0.5, 0.6) is 0 Å². The fraction of sp³-hybridized carbons (Fsp3) is 0.652. The molecule has 196 valence electrons. The summed E-state index contributed by atoms with van der Waals surface area (Å²) in [5, 5.41) is 8.89. The molecule has 0 aromatic carbocycles. The number of piperazine rings is 1. The number of aromatic nitrogens is 1. The SMILES string of the molecule is N#Cc1ccc(N2CCN(C(=O)CCOC[C@@H]3CCCN3C3CNNC(=O)C3C(F)(F)F)CC2)nc1. The van der Waals surface area contributed by atoms with Gasteiger partial charge in [0.15, 0.2) is 5.92 Å². The molecule has 3 aliphatic heterocycles. The van der Waals surface area contributed by atoms with Crippen molar-refractivity contribution in [2.75, 3.05) is 57.4 Å². The second kappa shape index (κ2) is 11.4. The van der Waals surface area contributed by atoms with Crippen LogP contribution in [-0.4, -0.2) is 97.3 Å². The van der Waals surface area contributed by atoms with Crippen LogP contribution in [0.2, 0.25) is 0 Å². The predicted molar refractivity (Wildman–Crippen MR) is 122 cm³/mol. The van der Waals surface area contributed by atoms with Crippen LogP contribution in [0.3, 0.4) is 0 Å². The van der Waals surface area contributed by atoms with Crippen LogP contribution in [0, 0.1) is 17.2 Å². The summed E-state index contributed by atoms with van der Waals surface area (Å²) in [6, 6.07) is 4.33. The number of hydrogen-bond donors (Lipinski definition) is 2. The topological polar surface area (TPSA) is 114 Å². The summed E-state index contributed by atoms with van der Waals surface area (Å²) < 4.78 is 46.3. The van der Waals surface area contributed by atoms with Gasteiger partial charge in [-0.25, -0.2) is 10.4 Å². The van der Waals surface area contributed by atoms with E-state index in [1.54, 1.807) is 21.9 Å². The Morgan fingerprint density at radius 3 is 2.67 bits per heavy atom. The van der Waals surface area contributed by atoms with Crippen molar-refractivity contribution in [1.29, 1.82) is 5.26 Å². The lowest BCUT2D eigenvalue weighted by atomic mass is 9.94. The van der Waals surface area contributed by atoms with Gasteiger partial charge < -0.3 is 14.5 Å². The molecule has 3 saturated heterocycles. The number of alkyl halides is 3. The minimum Gasteiger partial charge on any atom is -0.379 e. The molecule has 4 rings (SSSR count). The zero-order valence-electron chi connectivity index (χ0n) is 19.8. The van der Waals surface area contributed by atoms with E-state index < -0.39 is 24.0 Å². The average molecular weight is 510 g/mol. The summed E-state index contributed by atoms with van der Waals surface area (Å²) in [7, 11) is 0. The van der Waals surface area contributed by atoms with E-state index >= 15 is 0 Å². The third-order valence-corrected chi connectivity index (χ3v) is 7.00. The summed E-state index contributed by atoms with van der Waals surface area (Å²) in [5.74, 6) is -2.41. The van der Waals surface area contributed by atoms with Crippen LogP contribution in [0.15, 0.2) is 18.3 Å². The predicted octanol–water partition coefficient (Wildman–Crippen LogP) is 0.654. The first kappa shape index (κ1) is 26.1. The smallest absolute Gasteiger partial charge is 0.379 e. The third-order valence-electron chi connectivity index (χ3n) is 7.00. The van der Waals surface area contributed by atoms with Gasteiger partial charge in [0.25, 0.3) is 0 Å². The van der Waals surface area contributed by atoms with Crippen molar-refractivity contribution >= 4 is 17.6 Å². The highest BCUT2D eigenvalue weighted by Gasteiger charge is 2.54. The van der Waals surface area contributed by atoms with E-state index in [0.29, 0.717) is 44.7 Å². The third kappa shape index (κ3) is 6.05. The number of carbonyl (C=O) groups excluding carboxylic acids is 2. The number of nitrogens with one attached hydrogen (secondary N) is 2. The van der Waals surface area contributed by atoms with Crippen molar-refractivity contribution in [3.8, 4) is 6.07 Å². The van der Waals surface area contributed by atoms with Crippen LogP contribution in [0.1, 0.15) is 24.8 Å². The first-order chi connectivity index (χ1) is 17.3. The summed E-state index contributed by atoms with van der Waals surface area (Å²) in [4.78, 5) is 34.4. The number of amides is 2. The number of nitrogens with zero attached hydrogens (tertiary/aromatic N) is 5. The molecular weight excluding hydrogens is 479 g/mol. The Morgan fingerprint density at radius 2 is 2.00 bits per heavy atom. The lowest BCUT2D eigenvalue weighted by Gasteiger charge is -2.40. The van der Waals surface area contributed by atoms with Crippen LogP contribution in [0.25, 0.3) is 0 Å². The maximum Gasteiger partial charge on any atom is 0.402 e. The van der Waals surface area contributed by atoms with Crippen LogP contribution < -0.4 is 15.8 Å². The molecule has 0 aliphatic carbocycles. The molecule has 0 spiro atoms. The Morgan fingerprint density at radius 1 is 1.22 bits per heavy atom. The maximum atomic E-state index is 13.5. The monoisotopic (exact) mass is 509 g/mol. The summed E-state index contributed by atoms with van der Waals surface area (Å²) >= 11 is 0. The molecule has 10 nitrogen and oxygen atoms in total. The minimum atomic E-state index is -4.63. The number of anilines is 1. The summed E-state index contributed by atoms with van der Waals surface area (Å²) in [5.41, 5.74) is 5.16. The molecule has 2 amide bonds. The zero-order chi connectivity index (χ0) is 25.7. The van der Waals surface area contributed by atoms with Crippen molar-refractivity contribution in [1.82, 2.24) is 25.6 Å². The van der Waals surface area contributed by atoms with E-state index in [1.807, 2.05) is 6.07 Å². The lowest BCUT2D eigenvalue weighted by molar-refractivity contribution is -0.201. The number of hydrogen-bond acceptors (Lipinski definition) is 8. The highest BCUT2D eigenvalue weighted by Crippen LogP contribution is 2.35. The molecule has 2 N–H and O–H groups in total. The van der Waals surface area contributed by atoms with Crippen molar-refractivity contribution < 1.29 is 27.5 Å². The van der Waals surface area contributed by atoms with Gasteiger partial charge in [-0.05, 0) is 31.5 Å².